The van der Waals surface area contributed by atoms with Crippen molar-refractivity contribution in [1.82, 2.24) is 49.7 Å². The van der Waals surface area contributed by atoms with Crippen molar-refractivity contribution in [2.75, 3.05) is 59.7 Å². The summed E-state index contributed by atoms with van der Waals surface area (Å²) in [6.45, 7) is 4.66. The van der Waals surface area contributed by atoms with E-state index in [1.54, 1.807) is 12.4 Å². The molecule has 6 aromatic rings. The van der Waals surface area contributed by atoms with Crippen LogP contribution in [0.15, 0.2) is 61.2 Å². The third-order valence-corrected chi connectivity index (χ3v) is 13.2. The van der Waals surface area contributed by atoms with Gasteiger partial charge in [-0.05, 0) is 62.1 Å². The summed E-state index contributed by atoms with van der Waals surface area (Å²) in [6.07, 6.45) is 18.6. The van der Waals surface area contributed by atoms with Gasteiger partial charge in [-0.15, -0.1) is 0 Å². The number of anilines is 6. The molecule has 1 saturated heterocycles. The number of carbonyl (C=O) groups excluding carboxylic acids is 2. The first-order valence-electron chi connectivity index (χ1n) is 20.7. The first kappa shape index (κ1) is 34.9. The summed E-state index contributed by atoms with van der Waals surface area (Å²) >= 11 is 0. The van der Waals surface area contributed by atoms with Crippen molar-refractivity contribution in [2.45, 2.75) is 75.3 Å². The molecule has 4 N–H and O–H groups in total. The molecular weight excluding hydrogens is 733 g/mol. The fourth-order valence-electron chi connectivity index (χ4n) is 10.2. The number of nitrogens with zero attached hydrogens (tertiary/aromatic N) is 10. The molecule has 2 amide bonds. The number of fused-ring (bicyclic) bond motifs is 8. The second-order valence-electron chi connectivity index (χ2n) is 16.6. The monoisotopic (exact) mass is 778 g/mol. The van der Waals surface area contributed by atoms with E-state index in [0.29, 0.717) is 48.0 Å². The van der Waals surface area contributed by atoms with Crippen LogP contribution in [0.5, 0.6) is 0 Å². The topological polar surface area (TPSA) is 176 Å². The van der Waals surface area contributed by atoms with E-state index in [0.717, 1.165) is 111 Å². The molecule has 11 rings (SSSR count). The number of pyridine rings is 2. The predicted octanol–water partition coefficient (Wildman–Crippen LogP) is 5.59. The fraction of sp³-hybridized carbons (Fsp3) is 0.429. The van der Waals surface area contributed by atoms with Crippen molar-refractivity contribution >= 4 is 68.8 Å². The van der Waals surface area contributed by atoms with E-state index in [9.17, 15) is 9.59 Å². The lowest BCUT2D eigenvalue weighted by molar-refractivity contribution is 0.0828. The number of rotatable bonds is 6. The highest BCUT2D eigenvalue weighted by molar-refractivity contribution is 6.00. The van der Waals surface area contributed by atoms with Gasteiger partial charge in [0.25, 0.3) is 11.8 Å². The molecule has 16 heteroatoms. The molecular formula is C42H46N14O2. The highest BCUT2D eigenvalue weighted by atomic mass is 16.2. The van der Waals surface area contributed by atoms with E-state index in [1.165, 1.54) is 12.8 Å². The Balaban J connectivity index is 0.732. The summed E-state index contributed by atoms with van der Waals surface area (Å²) in [5.74, 6) is 2.15. The fourth-order valence-corrected chi connectivity index (χ4v) is 10.2. The maximum absolute atomic E-state index is 12.8. The number of nitrogens with one attached hydrogen (secondary N) is 4. The zero-order valence-corrected chi connectivity index (χ0v) is 32.4. The number of aromatic nitrogens is 8. The van der Waals surface area contributed by atoms with Gasteiger partial charge in [0.1, 0.15) is 34.3 Å². The molecule has 5 aliphatic rings. The van der Waals surface area contributed by atoms with Gasteiger partial charge in [-0.2, -0.15) is 9.97 Å². The standard InChI is InChI=1S/C42H46N14O2/c57-37-31-19-27-21-45-39(51-35(27)55(31)41(25-47-37)11-3-1-4-12-41)49-33-9-7-29(23-43-33)53-15-17-54(18-16-53)30-8-10-34(44-24-30)50-40-46-22-28-20-32-38(58)48-26-42(13-5-2-6-14-42)56(32)36(28)52-40/h7-10,19-24H,1-6,11-18,25-26H2,(H,47,57)(H,48,58)(H,43,45,49,51)(H,44,46,50,52). The Morgan fingerprint density at radius 3 is 1.36 bits per heavy atom. The van der Waals surface area contributed by atoms with Crippen molar-refractivity contribution in [2.24, 2.45) is 0 Å². The minimum Gasteiger partial charge on any atom is -0.367 e. The summed E-state index contributed by atoms with van der Waals surface area (Å²) in [4.78, 5) is 58.8. The van der Waals surface area contributed by atoms with E-state index in [-0.39, 0.29) is 22.9 Å². The molecule has 3 fully saturated rings. The first-order chi connectivity index (χ1) is 28.4. The largest absolute Gasteiger partial charge is 0.367 e. The molecule has 2 spiro atoms. The van der Waals surface area contributed by atoms with Gasteiger partial charge >= 0.3 is 0 Å². The van der Waals surface area contributed by atoms with E-state index in [2.05, 4.69) is 62.3 Å². The van der Waals surface area contributed by atoms with Gasteiger partial charge in [0.05, 0.1) is 34.8 Å². The number of hydrogen-bond acceptors (Lipinski definition) is 12. The Labute approximate surface area is 334 Å². The van der Waals surface area contributed by atoms with Gasteiger partial charge in [-0.3, -0.25) is 9.59 Å². The number of carbonyl (C=O) groups is 2. The summed E-state index contributed by atoms with van der Waals surface area (Å²) in [7, 11) is 0. The van der Waals surface area contributed by atoms with Crippen LogP contribution in [-0.4, -0.2) is 90.1 Å². The van der Waals surface area contributed by atoms with Gasteiger partial charge in [0.15, 0.2) is 0 Å². The number of amides is 2. The SMILES string of the molecule is O=C1NCC2(CCCCC2)n2c1cc1cnc(Nc3ccc(N4CCN(c5ccc(Nc6ncc7cc8n(c7n6)C6(CCCCC6)CNC8=O)nc5)CC4)cn3)nc12. The maximum atomic E-state index is 12.8. The third kappa shape index (κ3) is 5.86. The van der Waals surface area contributed by atoms with Crippen LogP contribution in [0.1, 0.15) is 85.2 Å². The molecule has 16 nitrogen and oxygen atoms in total. The molecule has 2 aliphatic carbocycles. The predicted molar refractivity (Wildman–Crippen MR) is 221 cm³/mol. The minimum absolute atomic E-state index is 0.0498. The third-order valence-electron chi connectivity index (χ3n) is 13.2. The van der Waals surface area contributed by atoms with Crippen molar-refractivity contribution in [3.8, 4) is 0 Å². The van der Waals surface area contributed by atoms with E-state index in [4.69, 9.17) is 19.9 Å². The quantitative estimate of drug-likeness (QED) is 0.165. The lowest BCUT2D eigenvalue weighted by atomic mass is 9.80. The van der Waals surface area contributed by atoms with Crippen LogP contribution in [0.2, 0.25) is 0 Å². The van der Waals surface area contributed by atoms with E-state index >= 15 is 0 Å². The van der Waals surface area contributed by atoms with Gasteiger partial charge in [0, 0.05) is 62.4 Å². The zero-order chi connectivity index (χ0) is 38.8. The van der Waals surface area contributed by atoms with Gasteiger partial charge in [-0.1, -0.05) is 38.5 Å². The Bertz CT molecular complexity index is 2370. The zero-order valence-electron chi connectivity index (χ0n) is 32.4. The van der Waals surface area contributed by atoms with Crippen molar-refractivity contribution in [3.63, 3.8) is 0 Å². The molecule has 6 aromatic heterocycles. The highest BCUT2D eigenvalue weighted by Gasteiger charge is 2.43. The average Bonchev–Trinajstić information content (AvgIpc) is 3.86. The minimum atomic E-state index is -0.133. The van der Waals surface area contributed by atoms with E-state index in [1.807, 2.05) is 36.7 Å². The van der Waals surface area contributed by atoms with Crippen LogP contribution in [-0.2, 0) is 11.1 Å². The van der Waals surface area contributed by atoms with Crippen LogP contribution in [0.3, 0.4) is 0 Å². The van der Waals surface area contributed by atoms with Crippen molar-refractivity contribution in [3.05, 3.63) is 72.6 Å². The Hall–Kier alpha value is -6.32. The van der Waals surface area contributed by atoms with Crippen LogP contribution < -0.4 is 31.1 Å². The Morgan fingerprint density at radius 2 is 0.966 bits per heavy atom. The Morgan fingerprint density at radius 1 is 0.534 bits per heavy atom. The first-order valence-corrected chi connectivity index (χ1v) is 20.7. The molecule has 9 heterocycles. The van der Waals surface area contributed by atoms with Gasteiger partial charge < -0.3 is 40.2 Å². The smallest absolute Gasteiger partial charge is 0.268 e. The molecule has 3 aliphatic heterocycles. The molecule has 296 valence electrons. The second-order valence-corrected chi connectivity index (χ2v) is 16.6. The summed E-state index contributed by atoms with van der Waals surface area (Å²) in [6, 6.07) is 11.9. The van der Waals surface area contributed by atoms with E-state index < -0.39 is 0 Å². The van der Waals surface area contributed by atoms with Crippen LogP contribution in [0.4, 0.5) is 34.9 Å². The number of hydrogen-bond donors (Lipinski definition) is 4. The summed E-state index contributed by atoms with van der Waals surface area (Å²) in [5, 5.41) is 14.6. The lowest BCUT2D eigenvalue weighted by Crippen LogP contribution is -2.52. The van der Waals surface area contributed by atoms with Crippen LogP contribution >= 0.6 is 0 Å². The molecule has 0 aromatic carbocycles. The normalized spacial score (nSPS) is 19.9. The van der Waals surface area contributed by atoms with Gasteiger partial charge in [-0.25, -0.2) is 19.9 Å². The molecule has 58 heavy (non-hydrogen) atoms. The highest BCUT2D eigenvalue weighted by Crippen LogP contribution is 2.42. The van der Waals surface area contributed by atoms with Gasteiger partial charge in [0.2, 0.25) is 11.9 Å². The molecule has 0 radical (unpaired) electrons. The van der Waals surface area contributed by atoms with Crippen molar-refractivity contribution < 1.29 is 9.59 Å². The summed E-state index contributed by atoms with van der Waals surface area (Å²) < 4.78 is 4.37. The summed E-state index contributed by atoms with van der Waals surface area (Å²) in [5.41, 5.74) is 4.78. The van der Waals surface area contributed by atoms with Crippen LogP contribution in [0.25, 0.3) is 22.1 Å². The molecule has 2 saturated carbocycles. The average molecular weight is 779 g/mol. The molecule has 0 unspecified atom stereocenters. The lowest BCUT2D eigenvalue weighted by Gasteiger charge is -2.42. The molecule has 0 atom stereocenters. The molecule has 0 bridgehead atoms. The number of piperazine rings is 1. The Kier molecular flexibility index (Phi) is 8.22. The maximum Gasteiger partial charge on any atom is 0.268 e. The van der Waals surface area contributed by atoms with Crippen LogP contribution in [0, 0.1) is 0 Å². The van der Waals surface area contributed by atoms with Crippen molar-refractivity contribution in [1.29, 1.82) is 0 Å². The second kappa shape index (κ2) is 13.7.